The van der Waals surface area contributed by atoms with Crippen molar-refractivity contribution >= 4 is 27.5 Å². The molecule has 0 saturated carbocycles. The summed E-state index contributed by atoms with van der Waals surface area (Å²) < 4.78 is 32.3. The number of anilines is 1. The lowest BCUT2D eigenvalue weighted by Crippen LogP contribution is -2.49. The van der Waals surface area contributed by atoms with Gasteiger partial charge in [-0.2, -0.15) is 4.31 Å². The van der Waals surface area contributed by atoms with Crippen LogP contribution in [0.3, 0.4) is 0 Å². The van der Waals surface area contributed by atoms with Crippen molar-refractivity contribution < 1.29 is 22.7 Å². The Labute approximate surface area is 182 Å². The molecule has 3 rings (SSSR count). The SMILES string of the molecule is COc1ccc(C(C)(C)C)cc1NC(=O)c1cccc(S(=O)(=O)N2CCNC(=O)C2)c1. The number of methoxy groups -OCH3 is 1. The van der Waals surface area contributed by atoms with E-state index in [0.717, 1.165) is 9.87 Å². The summed E-state index contributed by atoms with van der Waals surface area (Å²) in [6.45, 7) is 6.39. The minimum atomic E-state index is -3.89. The number of hydrogen-bond donors (Lipinski definition) is 2. The number of ether oxygens (including phenoxy) is 1. The highest BCUT2D eigenvalue weighted by Gasteiger charge is 2.29. The molecule has 0 aromatic heterocycles. The molecule has 1 heterocycles. The Balaban J connectivity index is 1.88. The van der Waals surface area contributed by atoms with Crippen molar-refractivity contribution in [1.29, 1.82) is 0 Å². The monoisotopic (exact) mass is 445 g/mol. The van der Waals surface area contributed by atoms with Gasteiger partial charge in [-0.25, -0.2) is 8.42 Å². The van der Waals surface area contributed by atoms with E-state index < -0.39 is 15.9 Å². The number of piperazine rings is 1. The first-order valence-corrected chi connectivity index (χ1v) is 11.3. The number of hydrogen-bond acceptors (Lipinski definition) is 5. The number of nitrogens with zero attached hydrogens (tertiary/aromatic N) is 1. The maximum absolute atomic E-state index is 12.9. The smallest absolute Gasteiger partial charge is 0.255 e. The number of carbonyl (C=O) groups excluding carboxylic acids is 2. The largest absolute Gasteiger partial charge is 0.495 e. The van der Waals surface area contributed by atoms with Gasteiger partial charge < -0.3 is 15.4 Å². The molecule has 2 amide bonds. The first-order valence-electron chi connectivity index (χ1n) is 9.89. The molecule has 2 N–H and O–H groups in total. The molecule has 8 nitrogen and oxygen atoms in total. The summed E-state index contributed by atoms with van der Waals surface area (Å²) in [6, 6.07) is 11.4. The highest BCUT2D eigenvalue weighted by molar-refractivity contribution is 7.89. The molecule has 166 valence electrons. The maximum Gasteiger partial charge on any atom is 0.255 e. The molecular weight excluding hydrogens is 418 g/mol. The minimum absolute atomic E-state index is 0.0368. The number of amides is 2. The van der Waals surface area contributed by atoms with Crippen LogP contribution in [0.5, 0.6) is 5.75 Å². The first-order chi connectivity index (χ1) is 14.5. The summed E-state index contributed by atoms with van der Waals surface area (Å²) in [6.07, 6.45) is 0. The summed E-state index contributed by atoms with van der Waals surface area (Å²) in [5.41, 5.74) is 1.58. The van der Waals surface area contributed by atoms with Gasteiger partial charge in [0.25, 0.3) is 5.91 Å². The quantitative estimate of drug-likeness (QED) is 0.735. The number of sulfonamides is 1. The van der Waals surface area contributed by atoms with Crippen LogP contribution in [0.15, 0.2) is 47.4 Å². The topological polar surface area (TPSA) is 105 Å². The number of rotatable bonds is 5. The fourth-order valence-electron chi connectivity index (χ4n) is 3.23. The van der Waals surface area contributed by atoms with Crippen LogP contribution in [-0.2, 0) is 20.2 Å². The van der Waals surface area contributed by atoms with Gasteiger partial charge in [0, 0.05) is 18.7 Å². The van der Waals surface area contributed by atoms with Gasteiger partial charge in [0.1, 0.15) is 5.75 Å². The third-order valence-electron chi connectivity index (χ3n) is 5.05. The van der Waals surface area contributed by atoms with E-state index in [1.807, 2.05) is 12.1 Å². The highest BCUT2D eigenvalue weighted by atomic mass is 32.2. The molecular formula is C22H27N3O5S. The second-order valence-electron chi connectivity index (χ2n) is 8.34. The molecule has 2 aromatic rings. The minimum Gasteiger partial charge on any atom is -0.495 e. The maximum atomic E-state index is 12.9. The van der Waals surface area contributed by atoms with Crippen LogP contribution in [-0.4, -0.2) is 51.3 Å². The molecule has 1 saturated heterocycles. The molecule has 2 aromatic carbocycles. The predicted molar refractivity (Wildman–Crippen MR) is 118 cm³/mol. The van der Waals surface area contributed by atoms with Crippen molar-refractivity contribution in [2.75, 3.05) is 32.1 Å². The zero-order valence-electron chi connectivity index (χ0n) is 18.1. The average molecular weight is 446 g/mol. The second kappa shape index (κ2) is 8.68. The summed E-state index contributed by atoms with van der Waals surface area (Å²) in [4.78, 5) is 24.5. The molecule has 1 fully saturated rings. The van der Waals surface area contributed by atoms with E-state index in [1.165, 1.54) is 31.4 Å². The van der Waals surface area contributed by atoms with Crippen LogP contribution in [0.2, 0.25) is 0 Å². The van der Waals surface area contributed by atoms with Crippen molar-refractivity contribution in [3.63, 3.8) is 0 Å². The van der Waals surface area contributed by atoms with Gasteiger partial charge >= 0.3 is 0 Å². The van der Waals surface area contributed by atoms with Crippen molar-refractivity contribution in [3.8, 4) is 5.75 Å². The van der Waals surface area contributed by atoms with E-state index in [2.05, 4.69) is 31.4 Å². The number of carbonyl (C=O) groups is 2. The van der Waals surface area contributed by atoms with E-state index in [0.29, 0.717) is 11.4 Å². The molecule has 0 aliphatic carbocycles. The Kier molecular flexibility index (Phi) is 6.38. The number of benzene rings is 2. The highest BCUT2D eigenvalue weighted by Crippen LogP contribution is 2.32. The van der Waals surface area contributed by atoms with Gasteiger partial charge in [-0.3, -0.25) is 9.59 Å². The summed E-state index contributed by atoms with van der Waals surface area (Å²) in [7, 11) is -2.38. The zero-order valence-corrected chi connectivity index (χ0v) is 18.9. The zero-order chi connectivity index (χ0) is 22.8. The lowest BCUT2D eigenvalue weighted by molar-refractivity contribution is -0.122. The standard InChI is InChI=1S/C22H27N3O5S/c1-22(2,3)16-8-9-19(30-4)18(13-16)24-21(27)15-6-5-7-17(12-15)31(28,29)25-11-10-23-20(26)14-25/h5-9,12-13H,10-11,14H2,1-4H3,(H,23,26)(H,24,27). The van der Waals surface area contributed by atoms with Crippen LogP contribution in [0.1, 0.15) is 36.7 Å². The molecule has 9 heteroatoms. The molecule has 0 spiro atoms. The van der Waals surface area contributed by atoms with Gasteiger partial charge in [0.15, 0.2) is 0 Å². The Hall–Kier alpha value is -2.91. The number of nitrogens with one attached hydrogen (secondary N) is 2. The fraction of sp³-hybridized carbons (Fsp3) is 0.364. The fourth-order valence-corrected chi connectivity index (χ4v) is 4.68. The molecule has 0 atom stereocenters. The van der Waals surface area contributed by atoms with E-state index in [9.17, 15) is 18.0 Å². The molecule has 1 aliphatic rings. The van der Waals surface area contributed by atoms with E-state index in [4.69, 9.17) is 4.74 Å². The van der Waals surface area contributed by atoms with E-state index >= 15 is 0 Å². The van der Waals surface area contributed by atoms with Crippen molar-refractivity contribution in [1.82, 2.24) is 9.62 Å². The van der Waals surface area contributed by atoms with Crippen molar-refractivity contribution in [3.05, 3.63) is 53.6 Å². The molecule has 0 bridgehead atoms. The third kappa shape index (κ3) is 5.05. The third-order valence-corrected chi connectivity index (χ3v) is 6.89. The predicted octanol–water partition coefficient (Wildman–Crippen LogP) is 2.37. The van der Waals surface area contributed by atoms with Gasteiger partial charge in [-0.05, 0) is 41.3 Å². The Morgan fingerprint density at radius 2 is 1.90 bits per heavy atom. The van der Waals surface area contributed by atoms with E-state index in [-0.39, 0.29) is 41.4 Å². The summed E-state index contributed by atoms with van der Waals surface area (Å²) in [5, 5.41) is 5.42. The lowest BCUT2D eigenvalue weighted by atomic mass is 9.87. The van der Waals surface area contributed by atoms with Crippen LogP contribution >= 0.6 is 0 Å². The van der Waals surface area contributed by atoms with Gasteiger partial charge in [0.2, 0.25) is 15.9 Å². The normalized spacial score (nSPS) is 15.3. The molecule has 0 unspecified atom stereocenters. The Bertz CT molecular complexity index is 1110. The average Bonchev–Trinajstić information content (AvgIpc) is 2.73. The van der Waals surface area contributed by atoms with Crippen LogP contribution in [0, 0.1) is 0 Å². The van der Waals surface area contributed by atoms with Gasteiger partial charge in [0.05, 0.1) is 24.2 Å². The molecule has 31 heavy (non-hydrogen) atoms. The summed E-state index contributed by atoms with van der Waals surface area (Å²) >= 11 is 0. The Morgan fingerprint density at radius 1 is 1.16 bits per heavy atom. The van der Waals surface area contributed by atoms with Crippen LogP contribution in [0.25, 0.3) is 0 Å². The second-order valence-corrected chi connectivity index (χ2v) is 10.3. The van der Waals surface area contributed by atoms with E-state index in [1.54, 1.807) is 6.07 Å². The van der Waals surface area contributed by atoms with Gasteiger partial charge in [-0.15, -0.1) is 0 Å². The van der Waals surface area contributed by atoms with Crippen LogP contribution < -0.4 is 15.4 Å². The van der Waals surface area contributed by atoms with Crippen LogP contribution in [0.4, 0.5) is 5.69 Å². The first kappa shape index (κ1) is 22.8. The van der Waals surface area contributed by atoms with Crippen molar-refractivity contribution in [2.24, 2.45) is 0 Å². The Morgan fingerprint density at radius 3 is 2.55 bits per heavy atom. The molecule has 0 radical (unpaired) electrons. The van der Waals surface area contributed by atoms with Crippen molar-refractivity contribution in [2.45, 2.75) is 31.1 Å². The van der Waals surface area contributed by atoms with Gasteiger partial charge in [-0.1, -0.05) is 32.9 Å². The lowest BCUT2D eigenvalue weighted by Gasteiger charge is -2.26. The molecule has 1 aliphatic heterocycles. The summed E-state index contributed by atoms with van der Waals surface area (Å²) in [5.74, 6) is -0.309.